The van der Waals surface area contributed by atoms with E-state index in [9.17, 15) is 10.1 Å². The van der Waals surface area contributed by atoms with E-state index >= 15 is 0 Å². The number of anilines is 1. The van der Waals surface area contributed by atoms with Crippen LogP contribution in [0.4, 0.5) is 11.5 Å². The minimum Gasteiger partial charge on any atom is -0.360 e. The van der Waals surface area contributed by atoms with Gasteiger partial charge >= 0.3 is 5.69 Å². The second kappa shape index (κ2) is 6.65. The van der Waals surface area contributed by atoms with Crippen LogP contribution in [0.15, 0.2) is 55.2 Å². The van der Waals surface area contributed by atoms with E-state index in [0.717, 1.165) is 11.1 Å². The van der Waals surface area contributed by atoms with E-state index in [1.807, 2.05) is 24.3 Å². The van der Waals surface area contributed by atoms with Gasteiger partial charge in [0, 0.05) is 18.8 Å². The number of rotatable bonds is 6. The topological polar surface area (TPSA) is 98.8 Å². The van der Waals surface area contributed by atoms with Crippen molar-refractivity contribution in [2.45, 2.75) is 13.1 Å². The van der Waals surface area contributed by atoms with Crippen LogP contribution >= 0.6 is 0 Å². The van der Waals surface area contributed by atoms with Crippen LogP contribution in [0.3, 0.4) is 0 Å². The molecule has 2 aromatic heterocycles. The minimum atomic E-state index is -0.448. The molecule has 0 saturated heterocycles. The lowest BCUT2D eigenvalue weighted by molar-refractivity contribution is -0.384. The monoisotopic (exact) mass is 310 g/mol. The Bertz CT molecular complexity index is 786. The molecule has 0 aliphatic heterocycles. The zero-order chi connectivity index (χ0) is 16.1. The highest BCUT2D eigenvalue weighted by molar-refractivity contribution is 5.55. The highest BCUT2D eigenvalue weighted by Gasteiger charge is 2.13. The molecule has 0 radical (unpaired) electrons. The van der Waals surface area contributed by atoms with Crippen LogP contribution in [0.1, 0.15) is 11.1 Å². The molecule has 0 aliphatic rings. The molecule has 0 amide bonds. The predicted octanol–water partition coefficient (Wildman–Crippen LogP) is 2.24. The Morgan fingerprint density at radius 3 is 2.65 bits per heavy atom. The van der Waals surface area contributed by atoms with Gasteiger partial charge < -0.3 is 5.32 Å². The maximum Gasteiger partial charge on any atom is 0.311 e. The zero-order valence-electron chi connectivity index (χ0n) is 12.2. The van der Waals surface area contributed by atoms with Gasteiger partial charge in [0.1, 0.15) is 12.7 Å². The number of pyridine rings is 1. The molecule has 0 saturated carbocycles. The van der Waals surface area contributed by atoms with Crippen molar-refractivity contribution in [1.29, 1.82) is 0 Å². The Kier molecular flexibility index (Phi) is 4.23. The van der Waals surface area contributed by atoms with Gasteiger partial charge in [-0.05, 0) is 17.2 Å². The number of nitrogens with zero attached hydrogens (tertiary/aromatic N) is 5. The maximum absolute atomic E-state index is 10.9. The number of nitrogens with one attached hydrogen (secondary N) is 1. The average Bonchev–Trinajstić information content (AvgIpc) is 3.07. The first-order valence-electron chi connectivity index (χ1n) is 6.96. The molecular weight excluding hydrogens is 296 g/mol. The number of nitro groups is 1. The van der Waals surface area contributed by atoms with Crippen LogP contribution in [0.2, 0.25) is 0 Å². The van der Waals surface area contributed by atoms with E-state index in [4.69, 9.17) is 0 Å². The van der Waals surface area contributed by atoms with Crippen molar-refractivity contribution in [3.8, 4) is 0 Å². The fourth-order valence-corrected chi connectivity index (χ4v) is 2.13. The summed E-state index contributed by atoms with van der Waals surface area (Å²) in [5, 5.41) is 18.0. The minimum absolute atomic E-state index is 0.0321. The first-order chi connectivity index (χ1) is 11.2. The van der Waals surface area contributed by atoms with Gasteiger partial charge in [0.25, 0.3) is 0 Å². The van der Waals surface area contributed by atoms with Crippen molar-refractivity contribution in [3.63, 3.8) is 0 Å². The molecule has 8 nitrogen and oxygen atoms in total. The third kappa shape index (κ3) is 3.67. The van der Waals surface area contributed by atoms with Gasteiger partial charge in [-0.15, -0.1) is 0 Å². The molecular formula is C15H14N6O2. The summed E-state index contributed by atoms with van der Waals surface area (Å²) in [6.45, 7) is 1.11. The third-order valence-electron chi connectivity index (χ3n) is 3.28. The molecule has 0 aliphatic carbocycles. The summed E-state index contributed by atoms with van der Waals surface area (Å²) >= 11 is 0. The summed E-state index contributed by atoms with van der Waals surface area (Å²) in [7, 11) is 0. The Labute approximate surface area is 132 Å². The molecule has 2 heterocycles. The Morgan fingerprint density at radius 1 is 1.17 bits per heavy atom. The lowest BCUT2D eigenvalue weighted by Gasteiger charge is -2.07. The molecule has 0 unspecified atom stereocenters. The van der Waals surface area contributed by atoms with Crippen LogP contribution in [0.5, 0.6) is 0 Å². The predicted molar refractivity (Wildman–Crippen MR) is 83.8 cm³/mol. The lowest BCUT2D eigenvalue weighted by atomic mass is 10.1. The van der Waals surface area contributed by atoms with Gasteiger partial charge in [0.05, 0.1) is 11.5 Å². The smallest absolute Gasteiger partial charge is 0.311 e. The summed E-state index contributed by atoms with van der Waals surface area (Å²) in [6.07, 6.45) is 4.68. The normalized spacial score (nSPS) is 10.4. The van der Waals surface area contributed by atoms with Gasteiger partial charge in [0.2, 0.25) is 5.82 Å². The first kappa shape index (κ1) is 14.6. The van der Waals surface area contributed by atoms with Gasteiger partial charge in [-0.1, -0.05) is 24.3 Å². The van der Waals surface area contributed by atoms with Crippen molar-refractivity contribution in [2.75, 3.05) is 5.32 Å². The molecule has 0 bridgehead atoms. The molecule has 0 spiro atoms. The van der Waals surface area contributed by atoms with E-state index in [0.29, 0.717) is 13.1 Å². The summed E-state index contributed by atoms with van der Waals surface area (Å²) < 4.78 is 1.74. The molecule has 3 aromatic rings. The van der Waals surface area contributed by atoms with E-state index in [-0.39, 0.29) is 11.5 Å². The number of hydrogen-bond acceptors (Lipinski definition) is 6. The van der Waals surface area contributed by atoms with Gasteiger partial charge in [-0.25, -0.2) is 14.6 Å². The average molecular weight is 310 g/mol. The van der Waals surface area contributed by atoms with E-state index < -0.39 is 4.92 Å². The second-order valence-electron chi connectivity index (χ2n) is 4.89. The Hall–Kier alpha value is -3.29. The van der Waals surface area contributed by atoms with Crippen LogP contribution in [-0.4, -0.2) is 24.7 Å². The molecule has 1 aromatic carbocycles. The van der Waals surface area contributed by atoms with E-state index in [1.165, 1.54) is 18.6 Å². The summed E-state index contributed by atoms with van der Waals surface area (Å²) in [6, 6.07) is 10.9. The van der Waals surface area contributed by atoms with Crippen LogP contribution in [-0.2, 0) is 13.1 Å². The van der Waals surface area contributed by atoms with Crippen LogP contribution in [0.25, 0.3) is 0 Å². The standard InChI is InChI=1S/C15H14N6O2/c22-21(23)14-2-1-7-17-15(14)18-8-12-3-5-13(6-4-12)9-20-11-16-10-19-20/h1-7,10-11H,8-9H2,(H,17,18). The molecule has 0 atom stereocenters. The molecule has 3 rings (SSSR count). The summed E-state index contributed by atoms with van der Waals surface area (Å²) in [5.41, 5.74) is 2.07. The van der Waals surface area contributed by atoms with Crippen LogP contribution in [0, 0.1) is 10.1 Å². The van der Waals surface area contributed by atoms with Crippen molar-refractivity contribution in [1.82, 2.24) is 19.7 Å². The van der Waals surface area contributed by atoms with Crippen molar-refractivity contribution >= 4 is 11.5 Å². The summed E-state index contributed by atoms with van der Waals surface area (Å²) in [4.78, 5) is 18.4. The summed E-state index contributed by atoms with van der Waals surface area (Å²) in [5.74, 6) is 0.268. The van der Waals surface area contributed by atoms with Crippen molar-refractivity contribution in [3.05, 3.63) is 76.5 Å². The lowest BCUT2D eigenvalue weighted by Crippen LogP contribution is -2.05. The number of aromatic nitrogens is 4. The highest BCUT2D eigenvalue weighted by Crippen LogP contribution is 2.21. The second-order valence-corrected chi connectivity index (χ2v) is 4.89. The third-order valence-corrected chi connectivity index (χ3v) is 3.28. The largest absolute Gasteiger partial charge is 0.360 e. The van der Waals surface area contributed by atoms with Crippen molar-refractivity contribution in [2.24, 2.45) is 0 Å². The van der Waals surface area contributed by atoms with Gasteiger partial charge in [0.15, 0.2) is 0 Å². The fraction of sp³-hybridized carbons (Fsp3) is 0.133. The maximum atomic E-state index is 10.9. The Morgan fingerprint density at radius 2 is 1.96 bits per heavy atom. The molecule has 8 heteroatoms. The quantitative estimate of drug-likeness (QED) is 0.554. The first-order valence-corrected chi connectivity index (χ1v) is 6.96. The van der Waals surface area contributed by atoms with E-state index in [2.05, 4.69) is 20.4 Å². The number of hydrogen-bond donors (Lipinski definition) is 1. The van der Waals surface area contributed by atoms with E-state index in [1.54, 1.807) is 17.1 Å². The molecule has 23 heavy (non-hydrogen) atoms. The zero-order valence-corrected chi connectivity index (χ0v) is 12.2. The fourth-order valence-electron chi connectivity index (χ4n) is 2.13. The van der Waals surface area contributed by atoms with Crippen LogP contribution < -0.4 is 5.32 Å². The van der Waals surface area contributed by atoms with Gasteiger partial charge in [-0.2, -0.15) is 5.10 Å². The van der Waals surface area contributed by atoms with Gasteiger partial charge in [-0.3, -0.25) is 10.1 Å². The highest BCUT2D eigenvalue weighted by atomic mass is 16.6. The number of benzene rings is 1. The molecule has 116 valence electrons. The molecule has 0 fully saturated rings. The van der Waals surface area contributed by atoms with Crippen molar-refractivity contribution < 1.29 is 4.92 Å². The molecule has 1 N–H and O–H groups in total. The Balaban J connectivity index is 1.64. The SMILES string of the molecule is O=[N+]([O-])c1cccnc1NCc1ccc(Cn2cncn2)cc1.